The normalized spacial score (nSPS) is 15.5. The third kappa shape index (κ3) is 5.05. The average Bonchev–Trinajstić information content (AvgIpc) is 2.77. The van der Waals surface area contributed by atoms with E-state index in [9.17, 15) is 9.18 Å². The lowest BCUT2D eigenvalue weighted by Crippen LogP contribution is -2.44. The number of carbonyl (C=O) groups is 1. The molecule has 0 aliphatic carbocycles. The molecule has 1 fully saturated rings. The van der Waals surface area contributed by atoms with Crippen LogP contribution in [0.2, 0.25) is 5.02 Å². The number of nitrogens with one attached hydrogen (secondary N) is 1. The number of ether oxygens (including phenoxy) is 3. The highest BCUT2D eigenvalue weighted by molar-refractivity contribution is 6.32. The first-order valence-corrected chi connectivity index (χ1v) is 10.5. The summed E-state index contributed by atoms with van der Waals surface area (Å²) in [6, 6.07) is 9.68. The molecule has 0 unspecified atom stereocenters. The maximum absolute atomic E-state index is 13.4. The first-order valence-electron chi connectivity index (χ1n) is 10.1. The van der Waals surface area contributed by atoms with Gasteiger partial charge in [0.2, 0.25) is 0 Å². The zero-order valence-electron chi connectivity index (χ0n) is 17.3. The average molecular weight is 436 g/mol. The van der Waals surface area contributed by atoms with E-state index >= 15 is 0 Å². The van der Waals surface area contributed by atoms with Crippen LogP contribution in [-0.4, -0.2) is 39.4 Å². The van der Waals surface area contributed by atoms with E-state index in [-0.39, 0.29) is 17.1 Å². The summed E-state index contributed by atoms with van der Waals surface area (Å²) in [7, 11) is 1.51. The highest BCUT2D eigenvalue weighted by Crippen LogP contribution is 2.37. The Labute approximate surface area is 181 Å². The zero-order chi connectivity index (χ0) is 21.6. The second-order valence-corrected chi connectivity index (χ2v) is 7.83. The number of carbonyl (C=O) groups excluding carboxylic acids is 1. The Balaban J connectivity index is 1.78. The van der Waals surface area contributed by atoms with E-state index in [1.807, 2.05) is 6.92 Å². The lowest BCUT2D eigenvalue weighted by Gasteiger charge is -2.38. The summed E-state index contributed by atoms with van der Waals surface area (Å²) in [4.78, 5) is 12.9. The van der Waals surface area contributed by atoms with Gasteiger partial charge in [0.05, 0.1) is 18.7 Å². The Morgan fingerprint density at radius 2 is 1.93 bits per heavy atom. The number of rotatable bonds is 8. The number of amides is 1. The van der Waals surface area contributed by atoms with Crippen LogP contribution >= 0.6 is 11.6 Å². The van der Waals surface area contributed by atoms with E-state index in [4.69, 9.17) is 25.8 Å². The molecule has 0 radical (unpaired) electrons. The first kappa shape index (κ1) is 22.4. The predicted octanol–water partition coefficient (Wildman–Crippen LogP) is 4.75. The molecule has 2 aromatic rings. The molecule has 0 aromatic heterocycles. The van der Waals surface area contributed by atoms with E-state index in [0.29, 0.717) is 48.5 Å². The molecular formula is C23H27ClFNO4. The van der Waals surface area contributed by atoms with Gasteiger partial charge < -0.3 is 19.5 Å². The summed E-state index contributed by atoms with van der Waals surface area (Å²) in [5.74, 6) is 0.313. The second kappa shape index (κ2) is 10.1. The molecule has 1 heterocycles. The van der Waals surface area contributed by atoms with E-state index in [1.54, 1.807) is 24.3 Å². The highest BCUT2D eigenvalue weighted by atomic mass is 35.5. The number of hydrogen-bond donors (Lipinski definition) is 1. The molecule has 2 aromatic carbocycles. The molecule has 3 rings (SSSR count). The van der Waals surface area contributed by atoms with E-state index < -0.39 is 0 Å². The van der Waals surface area contributed by atoms with Crippen LogP contribution in [0.5, 0.6) is 11.5 Å². The van der Waals surface area contributed by atoms with E-state index in [2.05, 4.69) is 5.32 Å². The van der Waals surface area contributed by atoms with Gasteiger partial charge in [-0.1, -0.05) is 30.7 Å². The summed E-state index contributed by atoms with van der Waals surface area (Å²) in [6.07, 6.45) is 2.32. The standard InChI is InChI=1S/C23H27ClFNO4/c1-3-10-30-21-19(24)13-16(14-20(21)28-2)22(27)26-15-23(8-11-29-12-9-23)17-4-6-18(25)7-5-17/h4-7,13-14H,3,8-12,15H2,1-2H3,(H,26,27). The third-order valence-corrected chi connectivity index (χ3v) is 5.72. The molecule has 1 amide bonds. The van der Waals surface area contributed by atoms with Crippen LogP contribution in [0.4, 0.5) is 4.39 Å². The second-order valence-electron chi connectivity index (χ2n) is 7.42. The fourth-order valence-corrected chi connectivity index (χ4v) is 3.94. The van der Waals surface area contributed by atoms with Crippen molar-refractivity contribution >= 4 is 17.5 Å². The Bertz CT molecular complexity index is 866. The van der Waals surface area contributed by atoms with Crippen molar-refractivity contribution in [2.45, 2.75) is 31.6 Å². The number of hydrogen-bond acceptors (Lipinski definition) is 4. The van der Waals surface area contributed by atoms with Crippen LogP contribution in [0.3, 0.4) is 0 Å². The lowest BCUT2D eigenvalue weighted by atomic mass is 9.74. The van der Waals surface area contributed by atoms with E-state index in [0.717, 1.165) is 24.8 Å². The van der Waals surface area contributed by atoms with Crippen LogP contribution in [-0.2, 0) is 10.2 Å². The van der Waals surface area contributed by atoms with Crippen molar-refractivity contribution in [2.75, 3.05) is 33.5 Å². The number of benzene rings is 2. The topological polar surface area (TPSA) is 56.8 Å². The van der Waals surface area contributed by atoms with Gasteiger partial charge >= 0.3 is 0 Å². The molecule has 0 bridgehead atoms. The molecule has 5 nitrogen and oxygen atoms in total. The minimum Gasteiger partial charge on any atom is -0.493 e. The van der Waals surface area contributed by atoms with Gasteiger partial charge in [-0.2, -0.15) is 0 Å². The molecule has 1 aliphatic rings. The van der Waals surface area contributed by atoms with Gasteiger partial charge in [-0.25, -0.2) is 4.39 Å². The van der Waals surface area contributed by atoms with Crippen molar-refractivity contribution in [1.82, 2.24) is 5.32 Å². The van der Waals surface area contributed by atoms with Crippen molar-refractivity contribution in [3.05, 3.63) is 58.4 Å². The van der Waals surface area contributed by atoms with E-state index in [1.165, 1.54) is 19.2 Å². The largest absolute Gasteiger partial charge is 0.493 e. The molecule has 1 N–H and O–H groups in total. The van der Waals surface area contributed by atoms with Crippen LogP contribution in [0.1, 0.15) is 42.1 Å². The van der Waals surface area contributed by atoms with Gasteiger partial charge in [0, 0.05) is 30.7 Å². The maximum atomic E-state index is 13.4. The summed E-state index contributed by atoms with van der Waals surface area (Å²) in [5.41, 5.74) is 1.08. The minimum atomic E-state index is -0.306. The molecule has 162 valence electrons. The minimum absolute atomic E-state index is 0.259. The van der Waals surface area contributed by atoms with Crippen molar-refractivity contribution in [1.29, 1.82) is 0 Å². The Morgan fingerprint density at radius 1 is 1.23 bits per heavy atom. The van der Waals surface area contributed by atoms with Crippen LogP contribution in [0.15, 0.2) is 36.4 Å². The molecule has 30 heavy (non-hydrogen) atoms. The lowest BCUT2D eigenvalue weighted by molar-refractivity contribution is 0.0487. The van der Waals surface area contributed by atoms with Crippen molar-refractivity contribution in [2.24, 2.45) is 0 Å². The van der Waals surface area contributed by atoms with Gasteiger partial charge in [-0.15, -0.1) is 0 Å². The summed E-state index contributed by atoms with van der Waals surface area (Å²) < 4.78 is 29.9. The summed E-state index contributed by atoms with van der Waals surface area (Å²) in [5, 5.41) is 3.35. The molecule has 0 spiro atoms. The molecule has 7 heteroatoms. The van der Waals surface area contributed by atoms with Gasteiger partial charge in [0.25, 0.3) is 5.91 Å². The Kier molecular flexibility index (Phi) is 7.56. The summed E-state index contributed by atoms with van der Waals surface area (Å²) in [6.45, 7) is 4.10. The SMILES string of the molecule is CCCOc1c(Cl)cc(C(=O)NCC2(c3ccc(F)cc3)CCOCC2)cc1OC. The molecule has 1 aliphatic heterocycles. The molecular weight excluding hydrogens is 409 g/mol. The van der Waals surface area contributed by atoms with Crippen molar-refractivity contribution in [3.63, 3.8) is 0 Å². The Hall–Kier alpha value is -2.31. The monoisotopic (exact) mass is 435 g/mol. The van der Waals surface area contributed by atoms with Gasteiger partial charge in [-0.3, -0.25) is 4.79 Å². The molecule has 0 saturated carbocycles. The van der Waals surface area contributed by atoms with Crippen LogP contribution < -0.4 is 14.8 Å². The summed E-state index contributed by atoms with van der Waals surface area (Å²) >= 11 is 6.34. The van der Waals surface area contributed by atoms with Gasteiger partial charge in [0.15, 0.2) is 11.5 Å². The first-order chi connectivity index (χ1) is 14.5. The maximum Gasteiger partial charge on any atom is 0.251 e. The molecule has 0 atom stereocenters. The van der Waals surface area contributed by atoms with Gasteiger partial charge in [-0.05, 0) is 49.1 Å². The molecule has 1 saturated heterocycles. The number of halogens is 2. The van der Waals surface area contributed by atoms with Crippen LogP contribution in [0, 0.1) is 5.82 Å². The predicted molar refractivity (Wildman–Crippen MR) is 114 cm³/mol. The number of methoxy groups -OCH3 is 1. The van der Waals surface area contributed by atoms with Gasteiger partial charge in [0.1, 0.15) is 5.82 Å². The zero-order valence-corrected chi connectivity index (χ0v) is 18.1. The highest BCUT2D eigenvalue weighted by Gasteiger charge is 2.35. The quantitative estimate of drug-likeness (QED) is 0.649. The Morgan fingerprint density at radius 3 is 2.57 bits per heavy atom. The fourth-order valence-electron chi connectivity index (χ4n) is 3.68. The fraction of sp³-hybridized carbons (Fsp3) is 0.435. The smallest absolute Gasteiger partial charge is 0.251 e. The van der Waals surface area contributed by atoms with Crippen molar-refractivity contribution < 1.29 is 23.4 Å². The third-order valence-electron chi connectivity index (χ3n) is 5.44. The van der Waals surface area contributed by atoms with Crippen molar-refractivity contribution in [3.8, 4) is 11.5 Å². The van der Waals surface area contributed by atoms with Crippen LogP contribution in [0.25, 0.3) is 0 Å².